The number of benzene rings is 1. The average Bonchev–Trinajstić information content (AvgIpc) is 2.90. The molecule has 0 aliphatic heterocycles. The van der Waals surface area contributed by atoms with Crippen LogP contribution >= 0.6 is 0 Å². The maximum atomic E-state index is 13.2. The van der Waals surface area contributed by atoms with Crippen molar-refractivity contribution in [2.75, 3.05) is 0 Å². The fourth-order valence-corrected chi connectivity index (χ4v) is 3.88. The molecule has 1 aromatic heterocycles. The number of alkyl halides is 3. The standard InChI is InChI=1S/C20H23F4N3O/c1-12-16(13(2)27(26-12)15-9-7-14(21)8-10-15)11-19(28)25-18-6-4-3-5-17(18)20(22,23)24/h7-10,17-18H,3-6,11H2,1-2H3,(H,25,28). The summed E-state index contributed by atoms with van der Waals surface area (Å²) >= 11 is 0. The van der Waals surface area contributed by atoms with Crippen LogP contribution in [0.5, 0.6) is 0 Å². The quantitative estimate of drug-likeness (QED) is 0.777. The molecule has 1 saturated carbocycles. The molecule has 152 valence electrons. The molecule has 1 fully saturated rings. The van der Waals surface area contributed by atoms with E-state index in [2.05, 4.69) is 10.4 Å². The predicted octanol–water partition coefficient (Wildman–Crippen LogP) is 4.41. The zero-order valence-electron chi connectivity index (χ0n) is 15.8. The van der Waals surface area contributed by atoms with Crippen LogP contribution in [0.25, 0.3) is 5.69 Å². The van der Waals surface area contributed by atoms with Crippen LogP contribution in [0.3, 0.4) is 0 Å². The Kier molecular flexibility index (Phi) is 5.76. The minimum absolute atomic E-state index is 0.0417. The second-order valence-corrected chi connectivity index (χ2v) is 7.32. The molecule has 0 saturated heterocycles. The molecule has 2 atom stereocenters. The predicted molar refractivity (Wildman–Crippen MR) is 96.6 cm³/mol. The van der Waals surface area contributed by atoms with Gasteiger partial charge in [0.25, 0.3) is 0 Å². The van der Waals surface area contributed by atoms with Crippen molar-refractivity contribution in [2.45, 2.75) is 58.2 Å². The monoisotopic (exact) mass is 397 g/mol. The lowest BCUT2D eigenvalue weighted by molar-refractivity contribution is -0.189. The Morgan fingerprint density at radius 1 is 1.18 bits per heavy atom. The normalized spacial score (nSPS) is 20.2. The number of nitrogens with zero attached hydrogens (tertiary/aromatic N) is 2. The first-order chi connectivity index (χ1) is 13.2. The van der Waals surface area contributed by atoms with Gasteiger partial charge in [0.1, 0.15) is 5.82 Å². The number of hydrogen-bond acceptors (Lipinski definition) is 2. The smallest absolute Gasteiger partial charge is 0.352 e. The molecule has 0 radical (unpaired) electrons. The molecule has 1 N–H and O–H groups in total. The highest BCUT2D eigenvalue weighted by Crippen LogP contribution is 2.37. The third-order valence-electron chi connectivity index (χ3n) is 5.38. The van der Waals surface area contributed by atoms with Crippen molar-refractivity contribution in [1.29, 1.82) is 0 Å². The van der Waals surface area contributed by atoms with Crippen LogP contribution in [0.2, 0.25) is 0 Å². The van der Waals surface area contributed by atoms with E-state index >= 15 is 0 Å². The lowest BCUT2D eigenvalue weighted by Crippen LogP contribution is -2.48. The number of hydrogen-bond donors (Lipinski definition) is 1. The number of rotatable bonds is 4. The van der Waals surface area contributed by atoms with Gasteiger partial charge >= 0.3 is 6.18 Å². The van der Waals surface area contributed by atoms with Gasteiger partial charge in [0.2, 0.25) is 5.91 Å². The molecular formula is C20H23F4N3O. The SMILES string of the molecule is Cc1nn(-c2ccc(F)cc2)c(C)c1CC(=O)NC1CCCCC1C(F)(F)F. The Balaban J connectivity index is 1.74. The van der Waals surface area contributed by atoms with E-state index in [1.165, 1.54) is 12.1 Å². The van der Waals surface area contributed by atoms with Crippen LogP contribution in [0.15, 0.2) is 24.3 Å². The summed E-state index contributed by atoms with van der Waals surface area (Å²) in [5.74, 6) is -2.29. The van der Waals surface area contributed by atoms with E-state index in [1.807, 2.05) is 0 Å². The summed E-state index contributed by atoms with van der Waals surface area (Å²) in [5, 5.41) is 6.99. The number of nitrogens with one attached hydrogen (secondary N) is 1. The highest BCUT2D eigenvalue weighted by Gasteiger charge is 2.45. The third-order valence-corrected chi connectivity index (χ3v) is 5.38. The van der Waals surface area contributed by atoms with E-state index in [-0.39, 0.29) is 18.7 Å². The number of halogens is 4. The van der Waals surface area contributed by atoms with Gasteiger partial charge in [-0.3, -0.25) is 4.79 Å². The highest BCUT2D eigenvalue weighted by atomic mass is 19.4. The minimum Gasteiger partial charge on any atom is -0.352 e. The molecule has 0 spiro atoms. The summed E-state index contributed by atoms with van der Waals surface area (Å²) < 4.78 is 54.4. The van der Waals surface area contributed by atoms with E-state index in [4.69, 9.17) is 0 Å². The Morgan fingerprint density at radius 2 is 1.82 bits per heavy atom. The van der Waals surface area contributed by atoms with Gasteiger partial charge in [0.05, 0.1) is 23.7 Å². The number of amides is 1. The summed E-state index contributed by atoms with van der Waals surface area (Å²) in [6, 6.07) is 4.91. The van der Waals surface area contributed by atoms with Crippen LogP contribution in [0.1, 0.15) is 42.6 Å². The largest absolute Gasteiger partial charge is 0.393 e. The van der Waals surface area contributed by atoms with Crippen molar-refractivity contribution in [3.8, 4) is 5.69 Å². The molecule has 1 aromatic carbocycles. The zero-order valence-corrected chi connectivity index (χ0v) is 15.8. The molecule has 1 amide bonds. The molecule has 1 heterocycles. The summed E-state index contributed by atoms with van der Waals surface area (Å²) in [6.45, 7) is 3.53. The first-order valence-electron chi connectivity index (χ1n) is 9.34. The second-order valence-electron chi connectivity index (χ2n) is 7.32. The fourth-order valence-electron chi connectivity index (χ4n) is 3.88. The van der Waals surface area contributed by atoms with Crippen molar-refractivity contribution in [2.24, 2.45) is 5.92 Å². The van der Waals surface area contributed by atoms with Gasteiger partial charge in [0, 0.05) is 17.3 Å². The maximum absolute atomic E-state index is 13.2. The Labute approximate surface area is 160 Å². The first kappa shape index (κ1) is 20.4. The molecule has 3 rings (SSSR count). The van der Waals surface area contributed by atoms with E-state index in [0.717, 1.165) is 0 Å². The number of carbonyl (C=O) groups is 1. The van der Waals surface area contributed by atoms with E-state index in [0.29, 0.717) is 41.9 Å². The summed E-state index contributed by atoms with van der Waals surface area (Å²) in [5.41, 5.74) is 2.64. The van der Waals surface area contributed by atoms with Gasteiger partial charge in [-0.1, -0.05) is 12.8 Å². The van der Waals surface area contributed by atoms with Crippen molar-refractivity contribution in [3.63, 3.8) is 0 Å². The molecule has 1 aliphatic rings. The van der Waals surface area contributed by atoms with Gasteiger partial charge in [-0.2, -0.15) is 18.3 Å². The average molecular weight is 397 g/mol. The van der Waals surface area contributed by atoms with Gasteiger partial charge in [-0.05, 0) is 51.0 Å². The Morgan fingerprint density at radius 3 is 2.46 bits per heavy atom. The summed E-state index contributed by atoms with van der Waals surface area (Å²) in [6.07, 6.45) is -2.76. The molecule has 8 heteroatoms. The highest BCUT2D eigenvalue weighted by molar-refractivity contribution is 5.79. The number of aryl methyl sites for hydroxylation is 1. The zero-order chi connectivity index (χ0) is 20.5. The number of carbonyl (C=O) groups excluding carboxylic acids is 1. The molecular weight excluding hydrogens is 374 g/mol. The van der Waals surface area contributed by atoms with Gasteiger partial charge in [-0.25, -0.2) is 9.07 Å². The topological polar surface area (TPSA) is 46.9 Å². The molecule has 0 bridgehead atoms. The lowest BCUT2D eigenvalue weighted by Gasteiger charge is -2.33. The van der Waals surface area contributed by atoms with Gasteiger partial charge in [0.15, 0.2) is 0 Å². The van der Waals surface area contributed by atoms with Crippen molar-refractivity contribution < 1.29 is 22.4 Å². The van der Waals surface area contributed by atoms with E-state index in [1.54, 1.807) is 30.7 Å². The second kappa shape index (κ2) is 7.93. The summed E-state index contributed by atoms with van der Waals surface area (Å²) in [7, 11) is 0. The minimum atomic E-state index is -4.31. The molecule has 28 heavy (non-hydrogen) atoms. The van der Waals surface area contributed by atoms with Crippen LogP contribution in [0, 0.1) is 25.6 Å². The van der Waals surface area contributed by atoms with E-state index in [9.17, 15) is 22.4 Å². The lowest BCUT2D eigenvalue weighted by atomic mass is 9.84. The molecule has 2 unspecified atom stereocenters. The Bertz CT molecular complexity index is 842. The maximum Gasteiger partial charge on any atom is 0.393 e. The van der Waals surface area contributed by atoms with Crippen molar-refractivity contribution in [1.82, 2.24) is 15.1 Å². The molecule has 4 nitrogen and oxygen atoms in total. The first-order valence-corrected chi connectivity index (χ1v) is 9.34. The molecule has 2 aromatic rings. The third kappa shape index (κ3) is 4.36. The number of aromatic nitrogens is 2. The summed E-state index contributed by atoms with van der Waals surface area (Å²) in [4.78, 5) is 12.5. The van der Waals surface area contributed by atoms with Gasteiger partial charge < -0.3 is 5.32 Å². The van der Waals surface area contributed by atoms with Crippen LogP contribution < -0.4 is 5.32 Å². The van der Waals surface area contributed by atoms with Crippen molar-refractivity contribution >= 4 is 5.91 Å². The van der Waals surface area contributed by atoms with Crippen molar-refractivity contribution in [3.05, 3.63) is 47.0 Å². The fraction of sp³-hybridized carbons (Fsp3) is 0.500. The Hall–Kier alpha value is -2.38. The van der Waals surface area contributed by atoms with Crippen LogP contribution in [-0.4, -0.2) is 27.9 Å². The molecule has 1 aliphatic carbocycles. The van der Waals surface area contributed by atoms with Crippen LogP contribution in [0.4, 0.5) is 17.6 Å². The van der Waals surface area contributed by atoms with E-state index < -0.39 is 24.0 Å². The van der Waals surface area contributed by atoms with Gasteiger partial charge in [-0.15, -0.1) is 0 Å². The van der Waals surface area contributed by atoms with Crippen LogP contribution in [-0.2, 0) is 11.2 Å².